The van der Waals surface area contributed by atoms with Gasteiger partial charge in [0, 0.05) is 43.3 Å². The fourth-order valence-electron chi connectivity index (χ4n) is 1.81. The number of nitrogens with zero attached hydrogens (tertiary/aromatic N) is 2. The number of pyridine rings is 2. The Morgan fingerprint density at radius 2 is 2.10 bits per heavy atom. The maximum absolute atomic E-state index is 12.0. The van der Waals surface area contributed by atoms with E-state index >= 15 is 0 Å². The van der Waals surface area contributed by atoms with Crippen molar-refractivity contribution in [2.45, 2.75) is 13.3 Å². The third kappa shape index (κ3) is 4.05. The Morgan fingerprint density at radius 3 is 2.85 bits per heavy atom. The van der Waals surface area contributed by atoms with E-state index in [0.717, 1.165) is 17.9 Å². The Kier molecular flexibility index (Phi) is 5.06. The van der Waals surface area contributed by atoms with Crippen molar-refractivity contribution in [2.75, 3.05) is 18.4 Å². The predicted octanol–water partition coefficient (Wildman–Crippen LogP) is 1.88. The highest BCUT2D eigenvalue weighted by Gasteiger charge is 2.07. The lowest BCUT2D eigenvalue weighted by Gasteiger charge is -2.07. The molecule has 2 heterocycles. The van der Waals surface area contributed by atoms with Crippen molar-refractivity contribution >= 4 is 11.6 Å². The van der Waals surface area contributed by atoms with Gasteiger partial charge in [-0.1, -0.05) is 6.07 Å². The highest BCUT2D eigenvalue weighted by Crippen LogP contribution is 2.07. The van der Waals surface area contributed by atoms with E-state index in [1.165, 1.54) is 0 Å². The molecule has 0 saturated carbocycles. The van der Waals surface area contributed by atoms with Gasteiger partial charge in [0.05, 0.1) is 0 Å². The summed E-state index contributed by atoms with van der Waals surface area (Å²) < 4.78 is 0. The molecule has 5 nitrogen and oxygen atoms in total. The standard InChI is InChI=1S/C15H18N4O/c1-2-16-13-7-9-18-14(11-13)15(20)19-10-6-12-5-3-4-8-17-12/h3-5,7-9,11H,2,6,10H2,1H3,(H,16,18)(H,19,20). The molecule has 2 N–H and O–H groups in total. The van der Waals surface area contributed by atoms with Crippen LogP contribution in [-0.4, -0.2) is 29.0 Å². The molecule has 2 aromatic heterocycles. The maximum atomic E-state index is 12.0. The van der Waals surface area contributed by atoms with E-state index < -0.39 is 0 Å². The summed E-state index contributed by atoms with van der Waals surface area (Å²) in [6.07, 6.45) is 4.09. The number of rotatable bonds is 6. The van der Waals surface area contributed by atoms with Crippen LogP contribution in [0.5, 0.6) is 0 Å². The molecule has 5 heteroatoms. The largest absolute Gasteiger partial charge is 0.385 e. The van der Waals surface area contributed by atoms with Gasteiger partial charge in [0.15, 0.2) is 0 Å². The summed E-state index contributed by atoms with van der Waals surface area (Å²) in [7, 11) is 0. The van der Waals surface area contributed by atoms with Gasteiger partial charge in [-0.15, -0.1) is 0 Å². The van der Waals surface area contributed by atoms with Gasteiger partial charge in [-0.25, -0.2) is 0 Å². The molecule has 0 aromatic carbocycles. The van der Waals surface area contributed by atoms with E-state index in [2.05, 4.69) is 20.6 Å². The topological polar surface area (TPSA) is 66.9 Å². The van der Waals surface area contributed by atoms with Gasteiger partial charge in [-0.05, 0) is 31.2 Å². The third-order valence-electron chi connectivity index (χ3n) is 2.77. The summed E-state index contributed by atoms with van der Waals surface area (Å²) in [6.45, 7) is 3.36. The number of anilines is 1. The van der Waals surface area contributed by atoms with Crippen molar-refractivity contribution in [1.82, 2.24) is 15.3 Å². The van der Waals surface area contributed by atoms with Gasteiger partial charge in [-0.2, -0.15) is 0 Å². The molecule has 20 heavy (non-hydrogen) atoms. The summed E-state index contributed by atoms with van der Waals surface area (Å²) >= 11 is 0. The molecule has 0 fully saturated rings. The molecule has 0 unspecified atom stereocenters. The molecule has 1 amide bonds. The number of nitrogens with one attached hydrogen (secondary N) is 2. The van der Waals surface area contributed by atoms with E-state index in [0.29, 0.717) is 18.7 Å². The van der Waals surface area contributed by atoms with Crippen LogP contribution in [0.4, 0.5) is 5.69 Å². The van der Waals surface area contributed by atoms with E-state index in [1.54, 1.807) is 18.5 Å². The number of carbonyl (C=O) groups is 1. The fraction of sp³-hybridized carbons (Fsp3) is 0.267. The van der Waals surface area contributed by atoms with Gasteiger partial charge in [0.1, 0.15) is 5.69 Å². The lowest BCUT2D eigenvalue weighted by atomic mass is 10.2. The molecule has 0 aliphatic carbocycles. The van der Waals surface area contributed by atoms with Crippen LogP contribution in [0.3, 0.4) is 0 Å². The minimum Gasteiger partial charge on any atom is -0.385 e. The molecule has 0 spiro atoms. The monoisotopic (exact) mass is 270 g/mol. The first-order valence-electron chi connectivity index (χ1n) is 6.67. The first kappa shape index (κ1) is 14.0. The van der Waals surface area contributed by atoms with Crippen LogP contribution in [-0.2, 0) is 6.42 Å². The van der Waals surface area contributed by atoms with E-state index in [4.69, 9.17) is 0 Å². The zero-order chi connectivity index (χ0) is 14.2. The number of hydrogen-bond donors (Lipinski definition) is 2. The molecule has 0 aliphatic heterocycles. The molecule has 0 saturated heterocycles. The molecule has 0 atom stereocenters. The SMILES string of the molecule is CCNc1ccnc(C(=O)NCCc2ccccn2)c1. The van der Waals surface area contributed by atoms with Crippen LogP contribution < -0.4 is 10.6 Å². The van der Waals surface area contributed by atoms with Gasteiger partial charge >= 0.3 is 0 Å². The smallest absolute Gasteiger partial charge is 0.269 e. The molecule has 2 rings (SSSR count). The Labute approximate surface area is 118 Å². The first-order valence-corrected chi connectivity index (χ1v) is 6.67. The zero-order valence-corrected chi connectivity index (χ0v) is 11.5. The normalized spacial score (nSPS) is 10.1. The molecule has 2 aromatic rings. The quantitative estimate of drug-likeness (QED) is 0.841. The van der Waals surface area contributed by atoms with Crippen molar-refractivity contribution in [3.63, 3.8) is 0 Å². The lowest BCUT2D eigenvalue weighted by Crippen LogP contribution is -2.26. The van der Waals surface area contributed by atoms with Crippen molar-refractivity contribution in [2.24, 2.45) is 0 Å². The van der Waals surface area contributed by atoms with Gasteiger partial charge < -0.3 is 10.6 Å². The van der Waals surface area contributed by atoms with Crippen LogP contribution in [0.2, 0.25) is 0 Å². The van der Waals surface area contributed by atoms with Crippen LogP contribution in [0.15, 0.2) is 42.7 Å². The minimum atomic E-state index is -0.166. The van der Waals surface area contributed by atoms with Crippen molar-refractivity contribution < 1.29 is 4.79 Å². The average Bonchev–Trinajstić information content (AvgIpc) is 2.49. The lowest BCUT2D eigenvalue weighted by molar-refractivity contribution is 0.0949. The van der Waals surface area contributed by atoms with Gasteiger partial charge in [-0.3, -0.25) is 14.8 Å². The maximum Gasteiger partial charge on any atom is 0.269 e. The molecular weight excluding hydrogens is 252 g/mol. The van der Waals surface area contributed by atoms with Gasteiger partial charge in [0.2, 0.25) is 0 Å². The number of amides is 1. The Morgan fingerprint density at radius 1 is 1.20 bits per heavy atom. The van der Waals surface area contributed by atoms with Crippen LogP contribution in [0, 0.1) is 0 Å². The first-order chi connectivity index (χ1) is 9.79. The summed E-state index contributed by atoms with van der Waals surface area (Å²) in [4.78, 5) is 20.3. The van der Waals surface area contributed by atoms with Crippen molar-refractivity contribution in [3.8, 4) is 0 Å². The second-order valence-corrected chi connectivity index (χ2v) is 4.29. The summed E-state index contributed by atoms with van der Waals surface area (Å²) in [5, 5.41) is 6.00. The highest BCUT2D eigenvalue weighted by atomic mass is 16.1. The van der Waals surface area contributed by atoms with Gasteiger partial charge in [0.25, 0.3) is 5.91 Å². The summed E-state index contributed by atoms with van der Waals surface area (Å²) in [5.74, 6) is -0.166. The van der Waals surface area contributed by atoms with Crippen molar-refractivity contribution in [3.05, 3.63) is 54.1 Å². The molecule has 0 aliphatic rings. The van der Waals surface area contributed by atoms with Crippen LogP contribution >= 0.6 is 0 Å². The molecule has 0 bridgehead atoms. The minimum absolute atomic E-state index is 0.166. The Hall–Kier alpha value is -2.43. The van der Waals surface area contributed by atoms with E-state index in [1.807, 2.05) is 31.2 Å². The second kappa shape index (κ2) is 7.23. The zero-order valence-electron chi connectivity index (χ0n) is 11.5. The fourth-order valence-corrected chi connectivity index (χ4v) is 1.81. The molecule has 0 radical (unpaired) electrons. The Balaban J connectivity index is 1.87. The molecular formula is C15H18N4O. The summed E-state index contributed by atoms with van der Waals surface area (Å²) in [6, 6.07) is 9.34. The number of aromatic nitrogens is 2. The predicted molar refractivity (Wildman–Crippen MR) is 78.7 cm³/mol. The van der Waals surface area contributed by atoms with Crippen LogP contribution in [0.1, 0.15) is 23.1 Å². The third-order valence-corrected chi connectivity index (χ3v) is 2.77. The van der Waals surface area contributed by atoms with E-state index in [-0.39, 0.29) is 5.91 Å². The van der Waals surface area contributed by atoms with E-state index in [9.17, 15) is 4.79 Å². The number of hydrogen-bond acceptors (Lipinski definition) is 4. The number of carbonyl (C=O) groups excluding carboxylic acids is 1. The average molecular weight is 270 g/mol. The van der Waals surface area contributed by atoms with Crippen molar-refractivity contribution in [1.29, 1.82) is 0 Å². The van der Waals surface area contributed by atoms with Crippen LogP contribution in [0.25, 0.3) is 0 Å². The summed E-state index contributed by atoms with van der Waals surface area (Å²) in [5.41, 5.74) is 2.28. The highest BCUT2D eigenvalue weighted by molar-refractivity contribution is 5.93. The second-order valence-electron chi connectivity index (χ2n) is 4.29. The Bertz CT molecular complexity index is 557. The molecule has 104 valence electrons.